The molecule has 3 heteroatoms. The van der Waals surface area contributed by atoms with E-state index in [4.69, 9.17) is 0 Å². The van der Waals surface area contributed by atoms with Crippen LogP contribution in [0.4, 0.5) is 4.39 Å². The Morgan fingerprint density at radius 1 is 1.28 bits per heavy atom. The molecule has 0 amide bonds. The zero-order chi connectivity index (χ0) is 13.2. The Hall–Kier alpha value is -0.410. The minimum Gasteiger partial charge on any atom is -0.392 e. The van der Waals surface area contributed by atoms with Gasteiger partial charge in [0.15, 0.2) is 0 Å². The molecule has 1 fully saturated rings. The topological polar surface area (TPSA) is 20.2 Å². The second-order valence-corrected chi connectivity index (χ2v) is 6.63. The van der Waals surface area contributed by atoms with Gasteiger partial charge in [-0.1, -0.05) is 42.1 Å². The molecule has 18 heavy (non-hydrogen) atoms. The van der Waals surface area contributed by atoms with Crippen molar-refractivity contribution in [2.45, 2.75) is 51.6 Å². The van der Waals surface area contributed by atoms with E-state index in [-0.39, 0.29) is 17.3 Å². The standard InChI is InChI=1S/C15H20BrFO/c1-15(5-3-2-4-6-15)14(18)9-11-7-12(16)10-13(17)8-11/h7-8,10,14,18H,2-6,9H2,1H3. The molecule has 1 atom stereocenters. The van der Waals surface area contributed by atoms with E-state index in [9.17, 15) is 9.50 Å². The number of hydrogen-bond acceptors (Lipinski definition) is 1. The quantitative estimate of drug-likeness (QED) is 0.873. The summed E-state index contributed by atoms with van der Waals surface area (Å²) in [7, 11) is 0. The third-order valence-electron chi connectivity index (χ3n) is 4.15. The summed E-state index contributed by atoms with van der Waals surface area (Å²) in [6.07, 6.45) is 5.96. The molecule has 1 aromatic carbocycles. The highest BCUT2D eigenvalue weighted by atomic mass is 79.9. The molecule has 1 saturated carbocycles. The van der Waals surface area contributed by atoms with Crippen LogP contribution in [-0.4, -0.2) is 11.2 Å². The molecular weight excluding hydrogens is 295 g/mol. The van der Waals surface area contributed by atoms with E-state index in [0.717, 1.165) is 22.9 Å². The monoisotopic (exact) mass is 314 g/mol. The van der Waals surface area contributed by atoms with Gasteiger partial charge >= 0.3 is 0 Å². The van der Waals surface area contributed by atoms with E-state index >= 15 is 0 Å². The van der Waals surface area contributed by atoms with Crippen LogP contribution in [0.1, 0.15) is 44.6 Å². The van der Waals surface area contributed by atoms with Crippen molar-refractivity contribution >= 4 is 15.9 Å². The number of rotatable bonds is 3. The average Bonchev–Trinajstić information content (AvgIpc) is 2.28. The third-order valence-corrected chi connectivity index (χ3v) is 4.61. The second-order valence-electron chi connectivity index (χ2n) is 5.71. The summed E-state index contributed by atoms with van der Waals surface area (Å²) >= 11 is 3.29. The van der Waals surface area contributed by atoms with Crippen molar-refractivity contribution in [2.24, 2.45) is 5.41 Å². The fourth-order valence-corrected chi connectivity index (χ4v) is 3.40. The van der Waals surface area contributed by atoms with Gasteiger partial charge in [0.05, 0.1) is 6.10 Å². The zero-order valence-corrected chi connectivity index (χ0v) is 12.3. The van der Waals surface area contributed by atoms with Gasteiger partial charge < -0.3 is 5.11 Å². The molecule has 2 rings (SSSR count). The van der Waals surface area contributed by atoms with Crippen LogP contribution in [0.5, 0.6) is 0 Å². The SMILES string of the molecule is CC1(C(O)Cc2cc(F)cc(Br)c2)CCCCC1. The van der Waals surface area contributed by atoms with Crippen LogP contribution >= 0.6 is 15.9 Å². The summed E-state index contributed by atoms with van der Waals surface area (Å²) < 4.78 is 14.0. The van der Waals surface area contributed by atoms with Crippen LogP contribution < -0.4 is 0 Å². The van der Waals surface area contributed by atoms with Gasteiger partial charge in [-0.25, -0.2) is 4.39 Å². The number of benzene rings is 1. The molecule has 0 heterocycles. The predicted octanol–water partition coefficient (Wildman–Crippen LogP) is 4.46. The maximum atomic E-state index is 13.3. The summed E-state index contributed by atoms with van der Waals surface area (Å²) in [4.78, 5) is 0. The molecule has 0 spiro atoms. The number of hydrogen-bond donors (Lipinski definition) is 1. The van der Waals surface area contributed by atoms with E-state index in [1.807, 2.05) is 6.07 Å². The van der Waals surface area contributed by atoms with Gasteiger partial charge in [-0.3, -0.25) is 0 Å². The maximum absolute atomic E-state index is 13.3. The van der Waals surface area contributed by atoms with Gasteiger partial charge in [-0.15, -0.1) is 0 Å². The largest absolute Gasteiger partial charge is 0.392 e. The molecule has 1 aliphatic rings. The number of aliphatic hydroxyl groups excluding tert-OH is 1. The van der Waals surface area contributed by atoms with E-state index in [2.05, 4.69) is 22.9 Å². The van der Waals surface area contributed by atoms with Crippen LogP contribution in [-0.2, 0) is 6.42 Å². The van der Waals surface area contributed by atoms with E-state index in [1.54, 1.807) is 0 Å². The minimum atomic E-state index is -0.383. The van der Waals surface area contributed by atoms with Crippen molar-refractivity contribution < 1.29 is 9.50 Å². The lowest BCUT2D eigenvalue weighted by atomic mass is 9.70. The molecule has 0 saturated heterocycles. The smallest absolute Gasteiger partial charge is 0.124 e. The Kier molecular flexibility index (Phi) is 4.44. The maximum Gasteiger partial charge on any atom is 0.124 e. The van der Waals surface area contributed by atoms with Crippen molar-refractivity contribution in [3.63, 3.8) is 0 Å². The lowest BCUT2D eigenvalue weighted by Crippen LogP contribution is -2.35. The van der Waals surface area contributed by atoms with Crippen molar-refractivity contribution in [3.8, 4) is 0 Å². The fourth-order valence-electron chi connectivity index (χ4n) is 2.89. The van der Waals surface area contributed by atoms with Gasteiger partial charge in [-0.2, -0.15) is 0 Å². The summed E-state index contributed by atoms with van der Waals surface area (Å²) in [6, 6.07) is 4.84. The Morgan fingerprint density at radius 3 is 2.56 bits per heavy atom. The predicted molar refractivity (Wildman–Crippen MR) is 75.0 cm³/mol. The van der Waals surface area contributed by atoms with E-state index in [0.29, 0.717) is 6.42 Å². The Balaban J connectivity index is 2.08. The molecule has 0 aliphatic heterocycles. The van der Waals surface area contributed by atoms with Gasteiger partial charge in [0.1, 0.15) is 5.82 Å². The minimum absolute atomic E-state index is 0.00293. The molecule has 1 nitrogen and oxygen atoms in total. The average molecular weight is 315 g/mol. The van der Waals surface area contributed by atoms with Crippen molar-refractivity contribution in [2.75, 3.05) is 0 Å². The highest BCUT2D eigenvalue weighted by Crippen LogP contribution is 2.39. The van der Waals surface area contributed by atoms with Crippen molar-refractivity contribution in [3.05, 3.63) is 34.1 Å². The Morgan fingerprint density at radius 2 is 1.94 bits per heavy atom. The Bertz CT molecular complexity index is 393. The number of halogens is 2. The molecule has 1 aromatic rings. The number of aliphatic hydroxyl groups is 1. The first-order chi connectivity index (χ1) is 8.49. The molecule has 0 radical (unpaired) electrons. The molecule has 0 aromatic heterocycles. The van der Waals surface area contributed by atoms with Crippen molar-refractivity contribution in [1.82, 2.24) is 0 Å². The lowest BCUT2D eigenvalue weighted by molar-refractivity contribution is 0.0104. The lowest BCUT2D eigenvalue weighted by Gasteiger charge is -2.38. The second kappa shape index (κ2) is 5.70. The molecule has 1 aliphatic carbocycles. The summed E-state index contributed by atoms with van der Waals surface area (Å²) in [6.45, 7) is 2.16. The highest BCUT2D eigenvalue weighted by Gasteiger charge is 2.34. The van der Waals surface area contributed by atoms with Crippen LogP contribution in [0.25, 0.3) is 0 Å². The summed E-state index contributed by atoms with van der Waals surface area (Å²) in [5.74, 6) is -0.250. The van der Waals surface area contributed by atoms with Crippen LogP contribution in [0.2, 0.25) is 0 Å². The third kappa shape index (κ3) is 3.33. The van der Waals surface area contributed by atoms with Gasteiger partial charge in [0.25, 0.3) is 0 Å². The van der Waals surface area contributed by atoms with Crippen LogP contribution in [0, 0.1) is 11.2 Å². The van der Waals surface area contributed by atoms with Gasteiger partial charge in [-0.05, 0) is 48.4 Å². The van der Waals surface area contributed by atoms with Gasteiger partial charge in [0, 0.05) is 4.47 Å². The van der Waals surface area contributed by atoms with E-state index < -0.39 is 0 Å². The van der Waals surface area contributed by atoms with Gasteiger partial charge in [0.2, 0.25) is 0 Å². The molecule has 0 bridgehead atoms. The molecule has 1 N–H and O–H groups in total. The first-order valence-electron chi connectivity index (χ1n) is 6.63. The highest BCUT2D eigenvalue weighted by molar-refractivity contribution is 9.10. The first-order valence-corrected chi connectivity index (χ1v) is 7.42. The zero-order valence-electron chi connectivity index (χ0n) is 10.8. The summed E-state index contributed by atoms with van der Waals surface area (Å²) in [5, 5.41) is 10.4. The Labute approximate surface area is 117 Å². The normalized spacial score (nSPS) is 20.7. The molecular formula is C15H20BrFO. The fraction of sp³-hybridized carbons (Fsp3) is 0.600. The summed E-state index contributed by atoms with van der Waals surface area (Å²) in [5.41, 5.74) is 0.859. The van der Waals surface area contributed by atoms with Crippen molar-refractivity contribution in [1.29, 1.82) is 0 Å². The molecule has 1 unspecified atom stereocenters. The van der Waals surface area contributed by atoms with Crippen LogP contribution in [0.15, 0.2) is 22.7 Å². The van der Waals surface area contributed by atoms with Crippen LogP contribution in [0.3, 0.4) is 0 Å². The molecule has 100 valence electrons. The van der Waals surface area contributed by atoms with E-state index in [1.165, 1.54) is 31.4 Å². The first kappa shape index (κ1) is 14.0.